The van der Waals surface area contributed by atoms with Gasteiger partial charge in [0.2, 0.25) is 0 Å². The van der Waals surface area contributed by atoms with Crippen molar-refractivity contribution < 1.29 is 0 Å². The topological polar surface area (TPSA) is 25.8 Å². The fraction of sp³-hybridized carbons (Fsp3) is 0.111. The summed E-state index contributed by atoms with van der Waals surface area (Å²) in [6, 6.07) is 5.86. The molecule has 0 fully saturated rings. The maximum Gasteiger partial charge on any atom is 0.126 e. The first-order valence-corrected chi connectivity index (χ1v) is 4.36. The van der Waals surface area contributed by atoms with E-state index in [-0.39, 0.29) is 0 Å². The highest BCUT2D eigenvalue weighted by atomic mass is 79.9. The second-order valence-electron chi connectivity index (χ2n) is 2.54. The van der Waals surface area contributed by atoms with Gasteiger partial charge in [-0.2, -0.15) is 0 Å². The molecule has 2 rings (SSSR count). The second kappa shape index (κ2) is 2.83. The smallest absolute Gasteiger partial charge is 0.126 e. The van der Waals surface area contributed by atoms with Crippen molar-refractivity contribution in [2.75, 3.05) is 0 Å². The van der Waals surface area contributed by atoms with E-state index in [0.29, 0.717) is 0 Å². The molecule has 0 bridgehead atoms. The van der Waals surface area contributed by atoms with E-state index in [1.54, 1.807) is 0 Å². The van der Waals surface area contributed by atoms with Crippen molar-refractivity contribution in [3.63, 3.8) is 0 Å². The highest BCUT2D eigenvalue weighted by molar-refractivity contribution is 9.10. The Morgan fingerprint density at radius 1 is 1.42 bits per heavy atom. The predicted octanol–water partition coefficient (Wildman–Crippen LogP) is 2.50. The summed E-state index contributed by atoms with van der Waals surface area (Å²) in [5.74, 6) is 0.754. The van der Waals surface area contributed by atoms with Crippen molar-refractivity contribution in [1.82, 2.24) is 9.97 Å². The zero-order valence-electron chi connectivity index (χ0n) is 6.50. The number of nitrogens with zero attached hydrogens (tertiary/aromatic N) is 2. The molecule has 0 unspecified atom stereocenters. The Bertz CT molecular complexity index is 385. The van der Waals surface area contributed by atoms with Gasteiger partial charge in [-0.1, -0.05) is 15.9 Å². The van der Waals surface area contributed by atoms with Crippen molar-refractivity contribution in [1.29, 1.82) is 0 Å². The van der Waals surface area contributed by atoms with Crippen LogP contribution in [0, 0.1) is 13.1 Å². The Balaban J connectivity index is 2.79. The molecule has 2 aromatic rings. The monoisotopic (exact) mass is 221 g/mol. The van der Waals surface area contributed by atoms with Crippen molar-refractivity contribution >= 4 is 26.8 Å². The number of benzene rings is 1. The molecule has 0 saturated heterocycles. The van der Waals surface area contributed by atoms with Crippen LogP contribution in [0.2, 0.25) is 0 Å². The number of rotatable bonds is 0. The summed E-state index contributed by atoms with van der Waals surface area (Å²) in [5.41, 5.74) is 0.936. The van der Waals surface area contributed by atoms with Gasteiger partial charge in [-0.3, -0.25) is 0 Å². The molecular formula is C9H6BrN2. The molecule has 59 valence electrons. The number of halogens is 1. The van der Waals surface area contributed by atoms with Gasteiger partial charge < -0.3 is 0 Å². The lowest BCUT2D eigenvalue weighted by atomic mass is 10.2. The predicted molar refractivity (Wildman–Crippen MR) is 50.8 cm³/mol. The van der Waals surface area contributed by atoms with E-state index in [9.17, 15) is 0 Å². The van der Waals surface area contributed by atoms with Crippen LogP contribution in [0.5, 0.6) is 0 Å². The molecule has 0 amide bonds. The number of aryl methyl sites for hydroxylation is 1. The van der Waals surface area contributed by atoms with Gasteiger partial charge in [-0.15, -0.1) is 0 Å². The molecule has 0 aliphatic carbocycles. The van der Waals surface area contributed by atoms with Gasteiger partial charge in [0.15, 0.2) is 0 Å². The summed E-state index contributed by atoms with van der Waals surface area (Å²) < 4.78 is 1.03. The van der Waals surface area contributed by atoms with E-state index in [4.69, 9.17) is 0 Å². The molecule has 1 aromatic carbocycles. The van der Waals surface area contributed by atoms with Crippen molar-refractivity contribution in [2.45, 2.75) is 6.92 Å². The summed E-state index contributed by atoms with van der Waals surface area (Å²) in [7, 11) is 0. The first-order valence-electron chi connectivity index (χ1n) is 3.57. The second-order valence-corrected chi connectivity index (χ2v) is 3.46. The highest BCUT2D eigenvalue weighted by Gasteiger charge is 1.96. The van der Waals surface area contributed by atoms with Crippen LogP contribution in [0.4, 0.5) is 0 Å². The van der Waals surface area contributed by atoms with Gasteiger partial charge in [0.25, 0.3) is 0 Å². The summed E-state index contributed by atoms with van der Waals surface area (Å²) >= 11 is 3.38. The largest absolute Gasteiger partial charge is 0.233 e. The highest BCUT2D eigenvalue weighted by Crippen LogP contribution is 2.16. The summed E-state index contributed by atoms with van der Waals surface area (Å²) in [4.78, 5) is 8.25. The summed E-state index contributed by atoms with van der Waals surface area (Å²) in [6.45, 7) is 1.86. The lowest BCUT2D eigenvalue weighted by Gasteiger charge is -1.96. The Kier molecular flexibility index (Phi) is 1.81. The van der Waals surface area contributed by atoms with Crippen LogP contribution in [0.15, 0.2) is 22.7 Å². The van der Waals surface area contributed by atoms with Crippen molar-refractivity contribution in [3.05, 3.63) is 34.7 Å². The normalized spacial score (nSPS) is 10.5. The van der Waals surface area contributed by atoms with Gasteiger partial charge in [0, 0.05) is 9.86 Å². The van der Waals surface area contributed by atoms with Crippen molar-refractivity contribution in [2.24, 2.45) is 0 Å². The van der Waals surface area contributed by atoms with E-state index < -0.39 is 0 Å². The quantitative estimate of drug-likeness (QED) is 0.684. The van der Waals surface area contributed by atoms with Crippen LogP contribution >= 0.6 is 15.9 Å². The van der Waals surface area contributed by atoms with E-state index in [2.05, 4.69) is 32.1 Å². The minimum atomic E-state index is 0.754. The standard InChI is InChI=1S/C9H6BrN2/c1-6-11-5-7-4-8(10)2-3-9(7)12-6/h2-4H,1H3. The molecule has 1 aromatic heterocycles. The number of hydrogen-bond acceptors (Lipinski definition) is 2. The molecule has 0 N–H and O–H groups in total. The molecule has 12 heavy (non-hydrogen) atoms. The maximum absolute atomic E-state index is 4.25. The molecule has 1 radical (unpaired) electrons. The molecule has 1 heterocycles. The van der Waals surface area contributed by atoms with Gasteiger partial charge in [0.1, 0.15) is 12.0 Å². The molecule has 0 aliphatic heterocycles. The zero-order valence-corrected chi connectivity index (χ0v) is 8.09. The first-order chi connectivity index (χ1) is 5.75. The first kappa shape index (κ1) is 7.68. The Morgan fingerprint density at radius 3 is 3.08 bits per heavy atom. The van der Waals surface area contributed by atoms with Gasteiger partial charge in [-0.25, -0.2) is 9.97 Å². The fourth-order valence-corrected chi connectivity index (χ4v) is 1.40. The zero-order chi connectivity index (χ0) is 8.55. The molecule has 0 aliphatic rings. The molecule has 0 spiro atoms. The fourth-order valence-electron chi connectivity index (χ4n) is 1.04. The van der Waals surface area contributed by atoms with Gasteiger partial charge in [0.05, 0.1) is 5.52 Å². The minimum Gasteiger partial charge on any atom is -0.233 e. The van der Waals surface area contributed by atoms with Crippen LogP contribution in [0.25, 0.3) is 10.9 Å². The Labute approximate surface area is 78.8 Å². The molecule has 0 atom stereocenters. The summed E-state index contributed by atoms with van der Waals surface area (Å²) in [6.07, 6.45) is 2.92. The van der Waals surface area contributed by atoms with E-state index in [1.807, 2.05) is 25.1 Å². The maximum atomic E-state index is 4.25. The van der Waals surface area contributed by atoms with E-state index in [0.717, 1.165) is 21.2 Å². The van der Waals surface area contributed by atoms with Crippen LogP contribution in [0.1, 0.15) is 5.82 Å². The van der Waals surface area contributed by atoms with Gasteiger partial charge in [-0.05, 0) is 25.1 Å². The summed E-state index contributed by atoms with van der Waals surface area (Å²) in [5, 5.41) is 0.940. The van der Waals surface area contributed by atoms with E-state index in [1.165, 1.54) is 0 Å². The molecule has 0 saturated carbocycles. The lowest BCUT2D eigenvalue weighted by Crippen LogP contribution is -1.87. The number of fused-ring (bicyclic) bond motifs is 1. The van der Waals surface area contributed by atoms with Crippen LogP contribution in [-0.2, 0) is 0 Å². The molecule has 3 heteroatoms. The SMILES string of the molecule is Cc1n[c]c2cc(Br)ccc2n1. The third kappa shape index (κ3) is 1.32. The average Bonchev–Trinajstić information content (AvgIpc) is 2.05. The van der Waals surface area contributed by atoms with Crippen LogP contribution in [-0.4, -0.2) is 9.97 Å². The van der Waals surface area contributed by atoms with E-state index >= 15 is 0 Å². The number of aromatic nitrogens is 2. The van der Waals surface area contributed by atoms with Crippen LogP contribution < -0.4 is 0 Å². The lowest BCUT2D eigenvalue weighted by molar-refractivity contribution is 1.08. The molecular weight excluding hydrogens is 216 g/mol. The third-order valence-corrected chi connectivity index (χ3v) is 2.07. The Hall–Kier alpha value is -0.960. The molecule has 2 nitrogen and oxygen atoms in total. The number of hydrogen-bond donors (Lipinski definition) is 0. The third-order valence-electron chi connectivity index (χ3n) is 1.58. The average molecular weight is 222 g/mol. The van der Waals surface area contributed by atoms with Crippen molar-refractivity contribution in [3.8, 4) is 0 Å². The Morgan fingerprint density at radius 2 is 2.25 bits per heavy atom. The minimum absolute atomic E-state index is 0.754. The van der Waals surface area contributed by atoms with Crippen LogP contribution in [0.3, 0.4) is 0 Å². The van der Waals surface area contributed by atoms with Gasteiger partial charge >= 0.3 is 0 Å².